The Bertz CT molecular complexity index is 482. The second-order valence-corrected chi connectivity index (χ2v) is 6.60. The highest BCUT2D eigenvalue weighted by Crippen LogP contribution is 2.27. The van der Waals surface area contributed by atoms with E-state index in [2.05, 4.69) is 6.58 Å². The van der Waals surface area contributed by atoms with Crippen LogP contribution in [0, 0.1) is 11.8 Å². The molecule has 1 rings (SSSR count). The van der Waals surface area contributed by atoms with E-state index < -0.39 is 35.5 Å². The highest BCUT2D eigenvalue weighted by molar-refractivity contribution is 5.83. The van der Waals surface area contributed by atoms with Crippen LogP contribution in [0.3, 0.4) is 0 Å². The van der Waals surface area contributed by atoms with Crippen LogP contribution in [0.1, 0.15) is 34.1 Å². The van der Waals surface area contributed by atoms with E-state index in [1.807, 2.05) is 0 Å². The number of esters is 2. The molecular weight excluding hydrogens is 314 g/mol. The topological polar surface area (TPSA) is 82.1 Å². The van der Waals surface area contributed by atoms with E-state index in [0.29, 0.717) is 13.0 Å². The lowest BCUT2D eigenvalue weighted by Gasteiger charge is -2.36. The second kappa shape index (κ2) is 8.70. The first-order valence-corrected chi connectivity index (χ1v) is 8.11. The predicted molar refractivity (Wildman–Crippen MR) is 87.2 cm³/mol. The molecule has 24 heavy (non-hydrogen) atoms. The highest BCUT2D eigenvalue weighted by atomic mass is 16.6. The lowest BCUT2D eigenvalue weighted by molar-refractivity contribution is -0.163. The number of hydrogen-bond donors (Lipinski definition) is 0. The minimum atomic E-state index is -0.761. The maximum Gasteiger partial charge on any atom is 0.410 e. The number of nitrogens with zero attached hydrogens (tertiary/aromatic N) is 1. The van der Waals surface area contributed by atoms with Crippen molar-refractivity contribution in [3.63, 3.8) is 0 Å². The molecule has 2 atom stereocenters. The van der Waals surface area contributed by atoms with E-state index in [4.69, 9.17) is 14.2 Å². The van der Waals surface area contributed by atoms with E-state index in [9.17, 15) is 14.4 Å². The number of hydrogen-bond acceptors (Lipinski definition) is 6. The van der Waals surface area contributed by atoms with Crippen LogP contribution < -0.4 is 0 Å². The van der Waals surface area contributed by atoms with E-state index in [1.165, 1.54) is 11.0 Å². The number of piperidine rings is 1. The first kappa shape index (κ1) is 20.0. The van der Waals surface area contributed by atoms with Crippen LogP contribution in [0.15, 0.2) is 12.7 Å². The molecule has 0 radical (unpaired) electrons. The Labute approximate surface area is 142 Å². The van der Waals surface area contributed by atoms with Crippen LogP contribution in [-0.4, -0.2) is 54.8 Å². The lowest BCUT2D eigenvalue weighted by Crippen LogP contribution is -2.50. The van der Waals surface area contributed by atoms with Crippen LogP contribution in [-0.2, 0) is 23.8 Å². The summed E-state index contributed by atoms with van der Waals surface area (Å²) in [5.41, 5.74) is -0.629. The highest BCUT2D eigenvalue weighted by Gasteiger charge is 2.42. The Morgan fingerprint density at radius 2 is 1.79 bits per heavy atom. The Morgan fingerprint density at radius 1 is 1.17 bits per heavy atom. The van der Waals surface area contributed by atoms with Gasteiger partial charge in [-0.25, -0.2) is 4.79 Å². The Hall–Kier alpha value is -2.05. The summed E-state index contributed by atoms with van der Waals surface area (Å²) in [5, 5.41) is 0. The van der Waals surface area contributed by atoms with E-state index in [0.717, 1.165) is 0 Å². The molecule has 0 aromatic heterocycles. The van der Waals surface area contributed by atoms with Gasteiger partial charge in [-0.2, -0.15) is 0 Å². The van der Waals surface area contributed by atoms with Crippen molar-refractivity contribution < 1.29 is 28.6 Å². The SMILES string of the molecule is C=CCOC(=O)C1CCN(C(=O)OC(C)(C)C)CC1C(=O)OCC. The smallest absolute Gasteiger partial charge is 0.410 e. The molecule has 0 bridgehead atoms. The molecule has 0 spiro atoms. The van der Waals surface area contributed by atoms with E-state index >= 15 is 0 Å². The Balaban J connectivity index is 2.84. The summed E-state index contributed by atoms with van der Waals surface area (Å²) < 4.78 is 15.4. The summed E-state index contributed by atoms with van der Waals surface area (Å²) in [5.74, 6) is -2.38. The van der Waals surface area contributed by atoms with Gasteiger partial charge in [0.25, 0.3) is 0 Å². The molecule has 0 N–H and O–H groups in total. The molecule has 1 fully saturated rings. The number of ether oxygens (including phenoxy) is 3. The van der Waals surface area contributed by atoms with Gasteiger partial charge in [0.2, 0.25) is 0 Å². The molecule has 136 valence electrons. The standard InChI is InChI=1S/C17H27NO6/c1-6-10-23-14(19)12-8-9-18(16(21)24-17(3,4)5)11-13(12)15(20)22-7-2/h6,12-13H,1,7-11H2,2-5H3. The first-order valence-electron chi connectivity index (χ1n) is 8.11. The Kier molecular flexibility index (Phi) is 7.25. The number of likely N-dealkylation sites (tertiary alicyclic amines) is 1. The van der Waals surface area contributed by atoms with Crippen molar-refractivity contribution in [2.75, 3.05) is 26.3 Å². The van der Waals surface area contributed by atoms with Gasteiger partial charge in [-0.05, 0) is 34.1 Å². The van der Waals surface area contributed by atoms with Gasteiger partial charge in [-0.1, -0.05) is 12.7 Å². The lowest BCUT2D eigenvalue weighted by atomic mass is 9.85. The third-order valence-electron chi connectivity index (χ3n) is 3.50. The summed E-state index contributed by atoms with van der Waals surface area (Å²) in [6, 6.07) is 0. The zero-order chi connectivity index (χ0) is 18.3. The molecule has 0 aromatic carbocycles. The summed E-state index contributed by atoms with van der Waals surface area (Å²) in [4.78, 5) is 38.0. The minimum absolute atomic E-state index is 0.0710. The van der Waals surface area contributed by atoms with Crippen molar-refractivity contribution >= 4 is 18.0 Å². The van der Waals surface area contributed by atoms with Gasteiger partial charge in [-0.15, -0.1) is 0 Å². The first-order chi connectivity index (χ1) is 11.2. The maximum atomic E-state index is 12.2. The van der Waals surface area contributed by atoms with Gasteiger partial charge in [0.15, 0.2) is 0 Å². The number of carbonyl (C=O) groups is 3. The molecule has 7 heteroatoms. The number of rotatable bonds is 5. The maximum absolute atomic E-state index is 12.2. The third kappa shape index (κ3) is 5.86. The van der Waals surface area contributed by atoms with Crippen LogP contribution in [0.2, 0.25) is 0 Å². The molecule has 1 aliphatic rings. The van der Waals surface area contributed by atoms with Gasteiger partial charge in [0, 0.05) is 13.1 Å². The Morgan fingerprint density at radius 3 is 2.33 bits per heavy atom. The minimum Gasteiger partial charge on any atom is -0.466 e. The summed E-state index contributed by atoms with van der Waals surface area (Å²) in [6.07, 6.45) is 1.28. The summed E-state index contributed by atoms with van der Waals surface area (Å²) in [7, 11) is 0. The van der Waals surface area contributed by atoms with Gasteiger partial charge in [0.1, 0.15) is 12.2 Å². The zero-order valence-corrected chi connectivity index (χ0v) is 14.9. The monoisotopic (exact) mass is 341 g/mol. The van der Waals surface area contributed by atoms with Crippen molar-refractivity contribution in [1.29, 1.82) is 0 Å². The normalized spacial score (nSPS) is 20.9. The summed E-state index contributed by atoms with van der Waals surface area (Å²) >= 11 is 0. The van der Waals surface area contributed by atoms with Crippen LogP contribution in [0.5, 0.6) is 0 Å². The van der Waals surface area contributed by atoms with Gasteiger partial charge >= 0.3 is 18.0 Å². The molecule has 0 aliphatic carbocycles. The molecule has 1 aliphatic heterocycles. The molecule has 1 saturated heterocycles. The van der Waals surface area contributed by atoms with E-state index in [1.54, 1.807) is 27.7 Å². The van der Waals surface area contributed by atoms with Crippen molar-refractivity contribution in [2.24, 2.45) is 11.8 Å². The molecule has 1 heterocycles. The largest absolute Gasteiger partial charge is 0.466 e. The van der Waals surface area contributed by atoms with Crippen molar-refractivity contribution in [3.8, 4) is 0 Å². The fourth-order valence-corrected chi connectivity index (χ4v) is 2.46. The van der Waals surface area contributed by atoms with Gasteiger partial charge in [-0.3, -0.25) is 9.59 Å². The van der Waals surface area contributed by atoms with Crippen molar-refractivity contribution in [1.82, 2.24) is 4.90 Å². The second-order valence-electron chi connectivity index (χ2n) is 6.60. The summed E-state index contributed by atoms with van der Waals surface area (Å²) in [6.45, 7) is 11.2. The van der Waals surface area contributed by atoms with Crippen molar-refractivity contribution in [2.45, 2.75) is 39.7 Å². The quantitative estimate of drug-likeness (QED) is 0.433. The third-order valence-corrected chi connectivity index (χ3v) is 3.50. The predicted octanol–water partition coefficient (Wildman–Crippen LogP) is 2.15. The average molecular weight is 341 g/mol. The molecule has 2 unspecified atom stereocenters. The van der Waals surface area contributed by atoms with E-state index in [-0.39, 0.29) is 19.8 Å². The van der Waals surface area contributed by atoms with Gasteiger partial charge < -0.3 is 19.1 Å². The molecule has 7 nitrogen and oxygen atoms in total. The van der Waals surface area contributed by atoms with Crippen LogP contribution in [0.25, 0.3) is 0 Å². The molecule has 0 saturated carbocycles. The van der Waals surface area contributed by atoms with Crippen LogP contribution in [0.4, 0.5) is 4.79 Å². The average Bonchev–Trinajstić information content (AvgIpc) is 2.50. The fraction of sp³-hybridized carbons (Fsp3) is 0.706. The van der Waals surface area contributed by atoms with Crippen molar-refractivity contribution in [3.05, 3.63) is 12.7 Å². The number of carbonyl (C=O) groups excluding carboxylic acids is 3. The number of amides is 1. The zero-order valence-electron chi connectivity index (χ0n) is 14.9. The molecule has 1 amide bonds. The molecular formula is C17H27NO6. The molecule has 0 aromatic rings. The fourth-order valence-electron chi connectivity index (χ4n) is 2.46. The van der Waals surface area contributed by atoms with Gasteiger partial charge in [0.05, 0.1) is 18.4 Å². The van der Waals surface area contributed by atoms with Crippen LogP contribution >= 0.6 is 0 Å².